The van der Waals surface area contributed by atoms with Gasteiger partial charge in [0.15, 0.2) is 11.3 Å². The number of ketones is 1. The van der Waals surface area contributed by atoms with Crippen LogP contribution in [0.4, 0.5) is 5.69 Å². The monoisotopic (exact) mass is 460 g/mol. The lowest BCUT2D eigenvalue weighted by molar-refractivity contribution is -0.125. The van der Waals surface area contributed by atoms with Crippen molar-refractivity contribution in [2.75, 3.05) is 0 Å². The maximum Gasteiger partial charge on any atom is 0.210 e. The first-order valence-corrected chi connectivity index (χ1v) is 11.4. The minimum atomic E-state index is -0.981. The Kier molecular flexibility index (Phi) is 5.58. The molecule has 5 heteroatoms. The van der Waals surface area contributed by atoms with Gasteiger partial charge in [-0.3, -0.25) is 4.79 Å². The van der Waals surface area contributed by atoms with Gasteiger partial charge >= 0.3 is 0 Å². The summed E-state index contributed by atoms with van der Waals surface area (Å²) >= 11 is 0. The highest BCUT2D eigenvalue weighted by Gasteiger charge is 2.42. The fraction of sp³-hybridized carbons (Fsp3) is 0.167. The van der Waals surface area contributed by atoms with Gasteiger partial charge in [-0.05, 0) is 62.2 Å². The molecule has 5 rings (SSSR count). The van der Waals surface area contributed by atoms with Gasteiger partial charge in [-0.15, -0.1) is 0 Å². The maximum absolute atomic E-state index is 13.3. The molecule has 0 amide bonds. The molecule has 1 aromatic heterocycles. The van der Waals surface area contributed by atoms with Gasteiger partial charge in [0.2, 0.25) is 5.78 Å². The lowest BCUT2D eigenvalue weighted by Gasteiger charge is -2.18. The van der Waals surface area contributed by atoms with Crippen molar-refractivity contribution in [1.29, 1.82) is 0 Å². The number of aromatic nitrogens is 1. The molecule has 0 atom stereocenters. The molecule has 0 spiro atoms. The highest BCUT2D eigenvalue weighted by Crippen LogP contribution is 2.42. The van der Waals surface area contributed by atoms with Crippen LogP contribution in [0.2, 0.25) is 0 Å². The molecule has 0 fully saturated rings. The molecule has 35 heavy (non-hydrogen) atoms. The Hall–Kier alpha value is -4.43. The lowest BCUT2D eigenvalue weighted by atomic mass is 9.92. The molecule has 0 bridgehead atoms. The molecule has 2 heterocycles. The van der Waals surface area contributed by atoms with E-state index >= 15 is 0 Å². The minimum absolute atomic E-state index is 0.0912. The number of para-hydroxylation sites is 1. The zero-order valence-electron chi connectivity index (χ0n) is 19.8. The van der Waals surface area contributed by atoms with Crippen molar-refractivity contribution in [1.82, 2.24) is 4.98 Å². The Bertz CT molecular complexity index is 1530. The van der Waals surface area contributed by atoms with Crippen LogP contribution in [0.5, 0.6) is 5.75 Å². The molecule has 0 unspecified atom stereocenters. The molecule has 172 valence electrons. The van der Waals surface area contributed by atoms with Crippen molar-refractivity contribution in [3.8, 4) is 5.75 Å². The summed E-state index contributed by atoms with van der Waals surface area (Å²) < 4.78 is 12.1. The molecule has 1 aliphatic heterocycles. The van der Waals surface area contributed by atoms with Crippen LogP contribution in [-0.4, -0.2) is 16.4 Å². The number of pyridine rings is 1. The SMILES string of the molecule is [C-]#[N+]c1cc(C2=C(c3ccc(OCc4ccc5ccccc5n4)cc3)C(=O)C(C)(C)O2)ccc1C. The summed E-state index contributed by atoms with van der Waals surface area (Å²) in [7, 11) is 0. The summed E-state index contributed by atoms with van der Waals surface area (Å²) in [5.74, 6) is 1.09. The van der Waals surface area contributed by atoms with Gasteiger partial charge in [0.05, 0.1) is 23.4 Å². The molecule has 0 radical (unpaired) electrons. The smallest absolute Gasteiger partial charge is 0.210 e. The molecule has 0 saturated carbocycles. The Morgan fingerprint density at radius 1 is 0.971 bits per heavy atom. The van der Waals surface area contributed by atoms with Gasteiger partial charge in [0.1, 0.15) is 18.1 Å². The summed E-state index contributed by atoms with van der Waals surface area (Å²) in [6.45, 7) is 13.2. The summed E-state index contributed by atoms with van der Waals surface area (Å²) in [5.41, 5.74) is 4.20. The third kappa shape index (κ3) is 4.27. The molecular formula is C30H24N2O3. The molecule has 5 nitrogen and oxygen atoms in total. The first-order valence-electron chi connectivity index (χ1n) is 11.4. The molecular weight excluding hydrogens is 436 g/mol. The van der Waals surface area contributed by atoms with Crippen molar-refractivity contribution in [3.05, 3.63) is 113 Å². The number of carbonyl (C=O) groups is 1. The molecule has 0 aliphatic carbocycles. The van der Waals surface area contributed by atoms with Crippen molar-refractivity contribution < 1.29 is 14.3 Å². The van der Waals surface area contributed by atoms with E-state index in [-0.39, 0.29) is 5.78 Å². The zero-order chi connectivity index (χ0) is 24.6. The Morgan fingerprint density at radius 3 is 2.49 bits per heavy atom. The van der Waals surface area contributed by atoms with E-state index in [1.165, 1.54) is 0 Å². The molecule has 3 aromatic carbocycles. The van der Waals surface area contributed by atoms with Gasteiger partial charge in [-0.2, -0.15) is 0 Å². The van der Waals surface area contributed by atoms with E-state index in [0.29, 0.717) is 29.4 Å². The topological polar surface area (TPSA) is 52.8 Å². The first kappa shape index (κ1) is 22.4. The number of rotatable bonds is 5. The second-order valence-corrected chi connectivity index (χ2v) is 9.07. The molecule has 4 aromatic rings. The molecule has 0 saturated heterocycles. The van der Waals surface area contributed by atoms with Crippen molar-refractivity contribution in [3.63, 3.8) is 0 Å². The average Bonchev–Trinajstić information content (AvgIpc) is 3.12. The third-order valence-corrected chi connectivity index (χ3v) is 6.14. The second kappa shape index (κ2) is 8.73. The number of fused-ring (bicyclic) bond motifs is 1. The van der Waals surface area contributed by atoms with Crippen LogP contribution in [0.25, 0.3) is 27.1 Å². The standard InChI is InChI=1S/C30H24N2O3/c1-19-9-10-22(17-26(19)31-4)28-27(29(33)30(2,3)35-28)21-12-15-24(16-13-21)34-18-23-14-11-20-7-5-6-8-25(20)32-23/h5-17H,18H2,1-3H3. The van der Waals surface area contributed by atoms with Crippen molar-refractivity contribution in [2.24, 2.45) is 0 Å². The van der Waals surface area contributed by atoms with Gasteiger partial charge < -0.3 is 9.47 Å². The van der Waals surface area contributed by atoms with Crippen LogP contribution in [0.3, 0.4) is 0 Å². The zero-order valence-corrected chi connectivity index (χ0v) is 19.8. The van der Waals surface area contributed by atoms with Crippen LogP contribution in [0, 0.1) is 13.5 Å². The Balaban J connectivity index is 1.42. The number of hydrogen-bond donors (Lipinski definition) is 0. The van der Waals surface area contributed by atoms with Crippen molar-refractivity contribution >= 4 is 33.7 Å². The van der Waals surface area contributed by atoms with Gasteiger partial charge in [-0.25, -0.2) is 9.83 Å². The van der Waals surface area contributed by atoms with Gasteiger partial charge in [-0.1, -0.05) is 48.5 Å². The number of benzene rings is 3. The van der Waals surface area contributed by atoms with E-state index in [9.17, 15) is 4.79 Å². The average molecular weight is 461 g/mol. The normalized spacial score (nSPS) is 14.6. The summed E-state index contributed by atoms with van der Waals surface area (Å²) in [6, 6.07) is 24.9. The first-order chi connectivity index (χ1) is 16.9. The fourth-order valence-electron chi connectivity index (χ4n) is 4.16. The molecule has 0 N–H and O–H groups in total. The van der Waals surface area contributed by atoms with Crippen LogP contribution in [0.1, 0.15) is 36.2 Å². The third-order valence-electron chi connectivity index (χ3n) is 6.14. The van der Waals surface area contributed by atoms with Crippen LogP contribution in [-0.2, 0) is 16.1 Å². The van der Waals surface area contributed by atoms with Crippen LogP contribution >= 0.6 is 0 Å². The van der Waals surface area contributed by atoms with E-state index in [4.69, 9.17) is 16.0 Å². The summed E-state index contributed by atoms with van der Waals surface area (Å²) in [4.78, 5) is 21.5. The van der Waals surface area contributed by atoms with E-state index in [1.807, 2.05) is 79.7 Å². The number of aryl methyl sites for hydroxylation is 1. The number of carbonyl (C=O) groups excluding carboxylic acids is 1. The van der Waals surface area contributed by atoms with Crippen LogP contribution < -0.4 is 4.74 Å². The maximum atomic E-state index is 13.3. The van der Waals surface area contributed by atoms with Crippen LogP contribution in [0.15, 0.2) is 78.9 Å². The van der Waals surface area contributed by atoms with E-state index < -0.39 is 5.60 Å². The van der Waals surface area contributed by atoms with Gasteiger partial charge in [0, 0.05) is 10.9 Å². The Morgan fingerprint density at radius 2 is 1.71 bits per heavy atom. The van der Waals surface area contributed by atoms with E-state index in [0.717, 1.165) is 33.3 Å². The molecule has 1 aliphatic rings. The highest BCUT2D eigenvalue weighted by molar-refractivity contribution is 6.32. The largest absolute Gasteiger partial charge is 0.487 e. The van der Waals surface area contributed by atoms with E-state index in [1.54, 1.807) is 19.9 Å². The van der Waals surface area contributed by atoms with Gasteiger partial charge in [0.25, 0.3) is 0 Å². The summed E-state index contributed by atoms with van der Waals surface area (Å²) in [6.07, 6.45) is 0. The second-order valence-electron chi connectivity index (χ2n) is 9.07. The summed E-state index contributed by atoms with van der Waals surface area (Å²) in [5, 5.41) is 1.09. The number of ether oxygens (including phenoxy) is 2. The quantitative estimate of drug-likeness (QED) is 0.303. The highest BCUT2D eigenvalue weighted by atomic mass is 16.5. The predicted octanol–water partition coefficient (Wildman–Crippen LogP) is 6.92. The number of Topliss-reactive ketones (excluding diaryl/α,β-unsaturated/α-hetero) is 1. The predicted molar refractivity (Wildman–Crippen MR) is 137 cm³/mol. The minimum Gasteiger partial charge on any atom is -0.487 e. The number of hydrogen-bond acceptors (Lipinski definition) is 4. The Labute approximate surface area is 204 Å². The van der Waals surface area contributed by atoms with E-state index in [2.05, 4.69) is 9.83 Å². The van der Waals surface area contributed by atoms with Crippen molar-refractivity contribution in [2.45, 2.75) is 33.0 Å². The number of nitrogens with zero attached hydrogens (tertiary/aromatic N) is 2. The fourth-order valence-corrected chi connectivity index (χ4v) is 4.16. The lowest BCUT2D eigenvalue weighted by Crippen LogP contribution is -2.29.